The lowest BCUT2D eigenvalue weighted by Crippen LogP contribution is -1.51. The van der Waals surface area contributed by atoms with Gasteiger partial charge in [0.2, 0.25) is 0 Å². The van der Waals surface area contributed by atoms with E-state index in [-0.39, 0.29) is 0 Å². The zero-order valence-corrected chi connectivity index (χ0v) is 4.20. The minimum Gasteiger partial charge on any atom is -0.175 e. The minimum atomic E-state index is 0.858. The minimum absolute atomic E-state index is 0.858. The molecule has 0 nitrogen and oxygen atoms in total. The van der Waals surface area contributed by atoms with Crippen LogP contribution in [0.3, 0.4) is 0 Å². The van der Waals surface area contributed by atoms with Gasteiger partial charge >= 0.3 is 0 Å². The molecule has 0 atom stereocenters. The van der Waals surface area contributed by atoms with Crippen LogP contribution in [0.25, 0.3) is 0 Å². The molecule has 0 aromatic rings. The van der Waals surface area contributed by atoms with Crippen molar-refractivity contribution in [2.75, 3.05) is 5.75 Å². The number of hydrogen-bond donors (Lipinski definition) is 1. The fourth-order valence-corrected chi connectivity index (χ4v) is 0.316. The van der Waals surface area contributed by atoms with Crippen LogP contribution in [0.1, 0.15) is 6.92 Å². The summed E-state index contributed by atoms with van der Waals surface area (Å²) in [6, 6.07) is 0. The van der Waals surface area contributed by atoms with Gasteiger partial charge in [0.05, 0.1) is 0 Å². The topological polar surface area (TPSA) is 0 Å². The summed E-state index contributed by atoms with van der Waals surface area (Å²) >= 11 is 3.91. The molecule has 0 aliphatic rings. The SMILES string of the molecule is CC=CCS. The summed E-state index contributed by atoms with van der Waals surface area (Å²) in [4.78, 5) is 0. The van der Waals surface area contributed by atoms with Gasteiger partial charge in [0.1, 0.15) is 0 Å². The van der Waals surface area contributed by atoms with Gasteiger partial charge in [-0.2, -0.15) is 12.6 Å². The van der Waals surface area contributed by atoms with Crippen molar-refractivity contribution in [1.82, 2.24) is 0 Å². The number of thiol groups is 1. The van der Waals surface area contributed by atoms with Crippen LogP contribution in [0.5, 0.6) is 0 Å². The third-order valence-electron chi connectivity index (χ3n) is 0.341. The van der Waals surface area contributed by atoms with Crippen LogP contribution in [0, 0.1) is 0 Å². The Morgan fingerprint density at radius 3 is 2.40 bits per heavy atom. The van der Waals surface area contributed by atoms with Gasteiger partial charge in [-0.05, 0) is 6.92 Å². The summed E-state index contributed by atoms with van der Waals surface area (Å²) in [5.41, 5.74) is 0. The zero-order valence-electron chi connectivity index (χ0n) is 3.31. The fourth-order valence-electron chi connectivity index (χ4n) is 0.105. The highest BCUT2D eigenvalue weighted by Gasteiger charge is 1.52. The molecule has 0 amide bonds. The molecule has 0 aromatic heterocycles. The molecule has 0 radical (unpaired) electrons. The molecule has 5 heavy (non-hydrogen) atoms. The van der Waals surface area contributed by atoms with Crippen molar-refractivity contribution < 1.29 is 0 Å². The van der Waals surface area contributed by atoms with Crippen molar-refractivity contribution in [3.05, 3.63) is 12.2 Å². The molecule has 0 aromatic carbocycles. The number of hydrogen-bond acceptors (Lipinski definition) is 1. The Morgan fingerprint density at radius 2 is 2.40 bits per heavy atom. The monoisotopic (exact) mass is 88.0 g/mol. The quantitative estimate of drug-likeness (QED) is 0.364. The molecule has 30 valence electrons. The molecule has 0 N–H and O–H groups in total. The molecule has 1 heteroatoms. The summed E-state index contributed by atoms with van der Waals surface area (Å²) in [6.45, 7) is 1.98. The van der Waals surface area contributed by atoms with E-state index < -0.39 is 0 Å². The molecule has 0 saturated carbocycles. The van der Waals surface area contributed by atoms with Gasteiger partial charge in [0.25, 0.3) is 0 Å². The van der Waals surface area contributed by atoms with Gasteiger partial charge in [0.15, 0.2) is 0 Å². The van der Waals surface area contributed by atoms with E-state index in [1.807, 2.05) is 19.1 Å². The summed E-state index contributed by atoms with van der Waals surface area (Å²) in [5.74, 6) is 0.858. The molecular weight excluding hydrogens is 80.1 g/mol. The average molecular weight is 88.2 g/mol. The first-order valence-electron chi connectivity index (χ1n) is 1.64. The van der Waals surface area contributed by atoms with Crippen molar-refractivity contribution in [2.45, 2.75) is 6.92 Å². The Hall–Kier alpha value is 0.0900. The third-order valence-corrected chi connectivity index (χ3v) is 0.552. The molecule has 0 bridgehead atoms. The predicted octanol–water partition coefficient (Wildman–Crippen LogP) is 1.49. The van der Waals surface area contributed by atoms with Crippen molar-refractivity contribution in [3.63, 3.8) is 0 Å². The highest BCUT2D eigenvalue weighted by atomic mass is 32.1. The molecular formula is C4H8S. The van der Waals surface area contributed by atoms with Crippen molar-refractivity contribution in [3.8, 4) is 0 Å². The van der Waals surface area contributed by atoms with E-state index in [1.165, 1.54) is 0 Å². The summed E-state index contributed by atoms with van der Waals surface area (Å²) in [6.07, 6.45) is 3.97. The lowest BCUT2D eigenvalue weighted by molar-refractivity contribution is 1.66. The van der Waals surface area contributed by atoms with Crippen LogP contribution in [0.15, 0.2) is 12.2 Å². The second-order valence-corrected chi connectivity index (χ2v) is 1.12. The van der Waals surface area contributed by atoms with Gasteiger partial charge in [-0.25, -0.2) is 0 Å². The first-order valence-corrected chi connectivity index (χ1v) is 2.27. The molecule has 0 spiro atoms. The normalized spacial score (nSPS) is 10.0. The number of rotatable bonds is 1. The average Bonchev–Trinajstić information content (AvgIpc) is 1.41. The lowest BCUT2D eigenvalue weighted by Gasteiger charge is -1.64. The maximum absolute atomic E-state index is 3.91. The Balaban J connectivity index is 2.62. The summed E-state index contributed by atoms with van der Waals surface area (Å²) in [7, 11) is 0. The van der Waals surface area contributed by atoms with Crippen LogP contribution in [-0.2, 0) is 0 Å². The van der Waals surface area contributed by atoms with E-state index in [0.717, 1.165) is 5.75 Å². The molecule has 0 fully saturated rings. The van der Waals surface area contributed by atoms with E-state index in [1.54, 1.807) is 0 Å². The third kappa shape index (κ3) is 4.09. The molecule has 0 saturated heterocycles. The maximum Gasteiger partial charge on any atom is 0.00824 e. The Morgan fingerprint density at radius 1 is 1.80 bits per heavy atom. The van der Waals surface area contributed by atoms with Gasteiger partial charge in [-0.15, -0.1) is 0 Å². The summed E-state index contributed by atoms with van der Waals surface area (Å²) < 4.78 is 0. The van der Waals surface area contributed by atoms with Crippen LogP contribution in [0.2, 0.25) is 0 Å². The van der Waals surface area contributed by atoms with Crippen molar-refractivity contribution in [1.29, 1.82) is 0 Å². The predicted molar refractivity (Wildman–Crippen MR) is 28.7 cm³/mol. The molecule has 0 rings (SSSR count). The first-order chi connectivity index (χ1) is 2.41. The second-order valence-electron chi connectivity index (χ2n) is 0.752. The fraction of sp³-hybridized carbons (Fsp3) is 0.500. The van der Waals surface area contributed by atoms with Crippen LogP contribution >= 0.6 is 12.6 Å². The second kappa shape index (κ2) is 4.09. The molecule has 0 aliphatic heterocycles. The van der Waals surface area contributed by atoms with E-state index >= 15 is 0 Å². The van der Waals surface area contributed by atoms with Gasteiger partial charge in [-0.3, -0.25) is 0 Å². The Bertz CT molecular complexity index is 30.6. The number of allylic oxidation sites excluding steroid dienone is 1. The van der Waals surface area contributed by atoms with E-state index in [9.17, 15) is 0 Å². The van der Waals surface area contributed by atoms with Gasteiger partial charge in [-0.1, -0.05) is 12.2 Å². The standard InChI is InChI=1S/C4H8S/c1-2-3-4-5/h2-3,5H,4H2,1H3. The zero-order chi connectivity index (χ0) is 4.12. The Kier molecular flexibility index (Phi) is 4.16. The van der Waals surface area contributed by atoms with Crippen molar-refractivity contribution in [2.24, 2.45) is 0 Å². The van der Waals surface area contributed by atoms with Gasteiger partial charge in [0, 0.05) is 5.75 Å². The first kappa shape index (κ1) is 5.09. The Labute approximate surface area is 38.3 Å². The van der Waals surface area contributed by atoms with Crippen LogP contribution in [-0.4, -0.2) is 5.75 Å². The largest absolute Gasteiger partial charge is 0.175 e. The van der Waals surface area contributed by atoms with Crippen LogP contribution < -0.4 is 0 Å². The summed E-state index contributed by atoms with van der Waals surface area (Å²) in [5, 5.41) is 0. The molecule has 0 unspecified atom stereocenters. The van der Waals surface area contributed by atoms with Crippen molar-refractivity contribution >= 4 is 12.6 Å². The van der Waals surface area contributed by atoms with E-state index in [2.05, 4.69) is 12.6 Å². The highest BCUT2D eigenvalue weighted by molar-refractivity contribution is 7.80. The lowest BCUT2D eigenvalue weighted by atomic mass is 10.6. The van der Waals surface area contributed by atoms with E-state index in [0.29, 0.717) is 0 Å². The smallest absolute Gasteiger partial charge is 0.00824 e. The molecule has 0 heterocycles. The van der Waals surface area contributed by atoms with Gasteiger partial charge < -0.3 is 0 Å². The maximum atomic E-state index is 3.91. The van der Waals surface area contributed by atoms with E-state index in [4.69, 9.17) is 0 Å². The molecule has 0 aliphatic carbocycles. The highest BCUT2D eigenvalue weighted by Crippen LogP contribution is 1.72. The van der Waals surface area contributed by atoms with Crippen LogP contribution in [0.4, 0.5) is 0 Å².